The first-order chi connectivity index (χ1) is 8.22. The maximum atomic E-state index is 12.6. The summed E-state index contributed by atoms with van der Waals surface area (Å²) in [6.45, 7) is 2.67. The van der Waals surface area contributed by atoms with Crippen molar-refractivity contribution < 1.29 is 18.7 Å². The van der Waals surface area contributed by atoms with Crippen LogP contribution in [0.5, 0.6) is 5.75 Å². The van der Waals surface area contributed by atoms with Gasteiger partial charge in [0.15, 0.2) is 0 Å². The van der Waals surface area contributed by atoms with Gasteiger partial charge in [-0.2, -0.15) is 0 Å². The number of benzene rings is 1. The first-order valence-electron chi connectivity index (χ1n) is 5.34. The fraction of sp³-hybridized carbons (Fsp3) is 0.417. The predicted octanol–water partition coefficient (Wildman–Crippen LogP) is 2.50. The molecule has 0 aliphatic carbocycles. The van der Waals surface area contributed by atoms with Crippen molar-refractivity contribution in [3.63, 3.8) is 0 Å². The zero-order valence-electron chi connectivity index (χ0n) is 9.65. The summed E-state index contributed by atoms with van der Waals surface area (Å²) in [7, 11) is 0. The third kappa shape index (κ3) is 6.16. The van der Waals surface area contributed by atoms with Gasteiger partial charge in [0, 0.05) is 5.75 Å². The summed E-state index contributed by atoms with van der Waals surface area (Å²) in [6, 6.07) is 5.85. The number of ether oxygens (including phenoxy) is 2. The largest absolute Gasteiger partial charge is 0.493 e. The van der Waals surface area contributed by atoms with E-state index >= 15 is 0 Å². The van der Waals surface area contributed by atoms with Crippen molar-refractivity contribution in [1.29, 1.82) is 0 Å². The molecule has 1 rings (SSSR count). The van der Waals surface area contributed by atoms with E-state index in [4.69, 9.17) is 9.47 Å². The number of esters is 1. The van der Waals surface area contributed by atoms with Gasteiger partial charge in [0.1, 0.15) is 11.6 Å². The van der Waals surface area contributed by atoms with Crippen molar-refractivity contribution in [2.75, 3.05) is 24.7 Å². The van der Waals surface area contributed by atoms with Crippen LogP contribution < -0.4 is 4.74 Å². The molecule has 0 amide bonds. The lowest BCUT2D eigenvalue weighted by atomic mass is 10.3. The minimum atomic E-state index is -0.283. The molecule has 0 spiro atoms. The van der Waals surface area contributed by atoms with Gasteiger partial charge in [-0.05, 0) is 31.2 Å². The minimum Gasteiger partial charge on any atom is -0.493 e. The average Bonchev–Trinajstić information content (AvgIpc) is 2.31. The van der Waals surface area contributed by atoms with Crippen LogP contribution in [0.25, 0.3) is 0 Å². The number of thioether (sulfide) groups is 1. The topological polar surface area (TPSA) is 35.5 Å². The zero-order valence-corrected chi connectivity index (χ0v) is 10.5. The molecule has 0 aliphatic heterocycles. The molecule has 0 heterocycles. The summed E-state index contributed by atoms with van der Waals surface area (Å²) in [6.07, 6.45) is 0. The summed E-state index contributed by atoms with van der Waals surface area (Å²) < 4.78 is 22.7. The van der Waals surface area contributed by atoms with Gasteiger partial charge in [0.05, 0.1) is 19.0 Å². The molecule has 0 saturated heterocycles. The van der Waals surface area contributed by atoms with Crippen LogP contribution in [0.3, 0.4) is 0 Å². The highest BCUT2D eigenvalue weighted by molar-refractivity contribution is 7.99. The van der Waals surface area contributed by atoms with Gasteiger partial charge >= 0.3 is 5.97 Å². The molecule has 94 valence electrons. The number of rotatable bonds is 7. The van der Waals surface area contributed by atoms with Crippen LogP contribution in [0.1, 0.15) is 6.92 Å². The summed E-state index contributed by atoms with van der Waals surface area (Å²) in [5, 5.41) is 0. The van der Waals surface area contributed by atoms with E-state index in [0.29, 0.717) is 30.5 Å². The second-order valence-corrected chi connectivity index (χ2v) is 4.27. The van der Waals surface area contributed by atoms with Gasteiger partial charge in [-0.15, -0.1) is 11.8 Å². The fourth-order valence-corrected chi connectivity index (χ4v) is 1.70. The molecule has 0 aliphatic rings. The molecule has 0 radical (unpaired) electrons. The lowest BCUT2D eigenvalue weighted by Crippen LogP contribution is -2.09. The van der Waals surface area contributed by atoms with E-state index in [-0.39, 0.29) is 11.8 Å². The van der Waals surface area contributed by atoms with Gasteiger partial charge in [-0.1, -0.05) is 0 Å². The summed E-state index contributed by atoms with van der Waals surface area (Å²) in [5.74, 6) is 1.16. The smallest absolute Gasteiger partial charge is 0.315 e. The summed E-state index contributed by atoms with van der Waals surface area (Å²) in [5.41, 5.74) is 0. The Morgan fingerprint density at radius 3 is 2.71 bits per heavy atom. The zero-order chi connectivity index (χ0) is 12.5. The molecule has 0 fully saturated rings. The number of carbonyl (C=O) groups is 1. The van der Waals surface area contributed by atoms with Gasteiger partial charge in [-0.25, -0.2) is 4.39 Å². The molecule has 0 aromatic heterocycles. The van der Waals surface area contributed by atoms with Crippen LogP contribution in [0, 0.1) is 5.82 Å². The maximum absolute atomic E-state index is 12.6. The van der Waals surface area contributed by atoms with Crippen LogP contribution in [-0.4, -0.2) is 30.7 Å². The molecule has 17 heavy (non-hydrogen) atoms. The molecular formula is C12H15FO3S. The van der Waals surface area contributed by atoms with E-state index < -0.39 is 0 Å². The normalized spacial score (nSPS) is 10.0. The number of hydrogen-bond donors (Lipinski definition) is 0. The van der Waals surface area contributed by atoms with E-state index in [2.05, 4.69) is 0 Å². The Morgan fingerprint density at radius 1 is 1.35 bits per heavy atom. The van der Waals surface area contributed by atoms with Crippen molar-refractivity contribution in [2.45, 2.75) is 6.92 Å². The molecule has 0 saturated carbocycles. The molecule has 0 unspecified atom stereocenters. The number of halogens is 1. The lowest BCUT2D eigenvalue weighted by molar-refractivity contribution is -0.139. The van der Waals surface area contributed by atoms with E-state index in [1.807, 2.05) is 0 Å². The molecule has 0 bridgehead atoms. The second kappa shape index (κ2) is 7.95. The van der Waals surface area contributed by atoms with Gasteiger partial charge in [0.25, 0.3) is 0 Å². The number of carbonyl (C=O) groups excluding carboxylic acids is 1. The van der Waals surface area contributed by atoms with Crippen LogP contribution >= 0.6 is 11.8 Å². The second-order valence-electron chi connectivity index (χ2n) is 3.16. The van der Waals surface area contributed by atoms with Crippen LogP contribution in [-0.2, 0) is 9.53 Å². The quantitative estimate of drug-likeness (QED) is 0.556. The molecule has 0 N–H and O–H groups in total. The highest BCUT2D eigenvalue weighted by atomic mass is 32.2. The highest BCUT2D eigenvalue weighted by Gasteiger charge is 2.01. The van der Waals surface area contributed by atoms with E-state index in [1.54, 1.807) is 19.1 Å². The number of hydrogen-bond acceptors (Lipinski definition) is 4. The molecule has 1 aromatic carbocycles. The summed E-state index contributed by atoms with van der Waals surface area (Å²) >= 11 is 1.45. The SMILES string of the molecule is CCOC(=O)CSCCOc1ccc(F)cc1. The Balaban J connectivity index is 2.08. The van der Waals surface area contributed by atoms with Crippen molar-refractivity contribution in [3.8, 4) is 5.75 Å². The maximum Gasteiger partial charge on any atom is 0.315 e. The molecule has 5 heteroatoms. The van der Waals surface area contributed by atoms with Gasteiger partial charge < -0.3 is 9.47 Å². The molecule has 3 nitrogen and oxygen atoms in total. The predicted molar refractivity (Wildman–Crippen MR) is 65.9 cm³/mol. The Hall–Kier alpha value is -1.23. The van der Waals surface area contributed by atoms with Gasteiger partial charge in [0.2, 0.25) is 0 Å². The van der Waals surface area contributed by atoms with Crippen molar-refractivity contribution in [2.24, 2.45) is 0 Å². The monoisotopic (exact) mass is 258 g/mol. The lowest BCUT2D eigenvalue weighted by Gasteiger charge is -2.05. The minimum absolute atomic E-state index is 0.209. The Bertz CT molecular complexity index is 340. The molecule has 0 atom stereocenters. The Morgan fingerprint density at radius 2 is 2.06 bits per heavy atom. The third-order valence-electron chi connectivity index (χ3n) is 1.84. The van der Waals surface area contributed by atoms with Crippen molar-refractivity contribution in [1.82, 2.24) is 0 Å². The molecular weight excluding hydrogens is 243 g/mol. The van der Waals surface area contributed by atoms with Crippen LogP contribution in [0.15, 0.2) is 24.3 Å². The van der Waals surface area contributed by atoms with Crippen LogP contribution in [0.4, 0.5) is 4.39 Å². The van der Waals surface area contributed by atoms with E-state index in [0.717, 1.165) is 0 Å². The fourth-order valence-electron chi connectivity index (χ4n) is 1.11. The Kier molecular flexibility index (Phi) is 6.47. The molecule has 1 aromatic rings. The highest BCUT2D eigenvalue weighted by Crippen LogP contribution is 2.11. The first kappa shape index (κ1) is 13.8. The van der Waals surface area contributed by atoms with Crippen LogP contribution in [0.2, 0.25) is 0 Å². The Labute approximate surface area is 104 Å². The van der Waals surface area contributed by atoms with Crippen molar-refractivity contribution in [3.05, 3.63) is 30.1 Å². The van der Waals surface area contributed by atoms with E-state index in [1.165, 1.54) is 23.9 Å². The summed E-state index contributed by atoms with van der Waals surface area (Å²) in [4.78, 5) is 11.0. The van der Waals surface area contributed by atoms with E-state index in [9.17, 15) is 9.18 Å². The third-order valence-corrected chi connectivity index (χ3v) is 2.73. The van der Waals surface area contributed by atoms with Crippen molar-refractivity contribution >= 4 is 17.7 Å². The first-order valence-corrected chi connectivity index (χ1v) is 6.49. The average molecular weight is 258 g/mol. The van der Waals surface area contributed by atoms with Gasteiger partial charge in [-0.3, -0.25) is 4.79 Å². The standard InChI is InChI=1S/C12H15FO3S/c1-2-15-12(14)9-17-8-7-16-11-5-3-10(13)4-6-11/h3-6H,2,7-9H2,1H3.